The molecule has 0 spiro atoms. The van der Waals surface area contributed by atoms with Gasteiger partial charge in [-0.3, -0.25) is 0 Å². The van der Waals surface area contributed by atoms with Crippen molar-refractivity contribution in [3.8, 4) is 0 Å². The van der Waals surface area contributed by atoms with Gasteiger partial charge in [0, 0.05) is 11.8 Å². The van der Waals surface area contributed by atoms with Gasteiger partial charge in [-0.2, -0.15) is 0 Å². The summed E-state index contributed by atoms with van der Waals surface area (Å²) in [6, 6.07) is 3.31. The lowest BCUT2D eigenvalue weighted by Crippen LogP contribution is -1.89. The van der Waals surface area contributed by atoms with E-state index in [9.17, 15) is 0 Å². The zero-order chi connectivity index (χ0) is 9.14. The molecule has 1 heterocycles. The molecule has 1 aromatic heterocycles. The van der Waals surface area contributed by atoms with Gasteiger partial charge in [-0.1, -0.05) is 34.8 Å². The fourth-order valence-corrected chi connectivity index (χ4v) is 0.974. The van der Waals surface area contributed by atoms with Crippen LogP contribution in [-0.2, 0) is 0 Å². The van der Waals surface area contributed by atoms with Crippen molar-refractivity contribution in [1.82, 2.24) is 4.98 Å². The van der Waals surface area contributed by atoms with Crippen molar-refractivity contribution < 1.29 is 0 Å². The Morgan fingerprint density at radius 3 is 2.33 bits per heavy atom. The number of pyridine rings is 1. The number of halogens is 3. The number of hydrogen-bond acceptors (Lipinski definition) is 2. The maximum Gasteiger partial charge on any atom is 0.126 e. The first-order chi connectivity index (χ1) is 5.61. The van der Waals surface area contributed by atoms with Crippen molar-refractivity contribution in [3.05, 3.63) is 28.4 Å². The minimum absolute atomic E-state index is 0.0169. The molecule has 0 saturated carbocycles. The fourth-order valence-electron chi connectivity index (χ4n) is 0.644. The van der Waals surface area contributed by atoms with Crippen molar-refractivity contribution in [1.29, 1.82) is 0 Å². The molecule has 0 amide bonds. The summed E-state index contributed by atoms with van der Waals surface area (Å²) in [6.45, 7) is 0. The average Bonchev–Trinajstić information content (AvgIpc) is 2.04. The quantitative estimate of drug-likeness (QED) is 0.795. The van der Waals surface area contributed by atoms with E-state index in [1.54, 1.807) is 12.1 Å². The molecule has 0 unspecified atom stereocenters. The minimum Gasteiger partial charge on any atom is -0.384 e. The van der Waals surface area contributed by atoms with Gasteiger partial charge in [0.25, 0.3) is 0 Å². The van der Waals surface area contributed by atoms with Crippen LogP contribution in [0.1, 0.15) is 5.56 Å². The van der Waals surface area contributed by atoms with Crippen LogP contribution in [0.3, 0.4) is 0 Å². The molecule has 0 aliphatic rings. The Labute approximate surface area is 84.9 Å². The molecule has 0 aliphatic carbocycles. The molecule has 64 valence electrons. The summed E-state index contributed by atoms with van der Waals surface area (Å²) in [5.41, 5.74) is 6.01. The zero-order valence-electron chi connectivity index (χ0n) is 5.89. The van der Waals surface area contributed by atoms with E-state index in [0.29, 0.717) is 11.4 Å². The van der Waals surface area contributed by atoms with E-state index in [2.05, 4.69) is 4.98 Å². The lowest BCUT2D eigenvalue weighted by Gasteiger charge is -1.98. The first-order valence-corrected chi connectivity index (χ1v) is 4.17. The second-order valence-electron chi connectivity index (χ2n) is 2.05. The van der Waals surface area contributed by atoms with Crippen molar-refractivity contribution in [2.24, 2.45) is 0 Å². The Kier molecular flexibility index (Phi) is 3.20. The number of nitrogen functional groups attached to an aromatic ring is 1. The van der Waals surface area contributed by atoms with E-state index in [1.807, 2.05) is 0 Å². The molecule has 0 bridgehead atoms. The number of nitrogens with zero attached hydrogens (tertiary/aromatic N) is 1. The van der Waals surface area contributed by atoms with Gasteiger partial charge >= 0.3 is 0 Å². The number of anilines is 1. The van der Waals surface area contributed by atoms with E-state index in [4.69, 9.17) is 40.5 Å². The van der Waals surface area contributed by atoms with Gasteiger partial charge in [-0.15, -0.1) is 0 Å². The van der Waals surface area contributed by atoms with Crippen LogP contribution in [0.2, 0.25) is 0 Å². The van der Waals surface area contributed by atoms with Crippen LogP contribution in [0.5, 0.6) is 0 Å². The summed E-state index contributed by atoms with van der Waals surface area (Å²) in [4.78, 5) is 3.82. The van der Waals surface area contributed by atoms with Crippen LogP contribution in [0, 0.1) is 0 Å². The Balaban J connectivity index is 3.06. The lowest BCUT2D eigenvalue weighted by molar-refractivity contribution is 1.32. The number of rotatable bonds is 1. The van der Waals surface area contributed by atoms with Gasteiger partial charge in [0.2, 0.25) is 0 Å². The normalized spacial score (nSPS) is 9.58. The smallest absolute Gasteiger partial charge is 0.126 e. The van der Waals surface area contributed by atoms with Crippen LogP contribution < -0.4 is 5.73 Å². The summed E-state index contributed by atoms with van der Waals surface area (Å²) >= 11 is 16.6. The summed E-state index contributed by atoms with van der Waals surface area (Å²) < 4.78 is 0.0169. The Hall–Kier alpha value is -0.440. The molecule has 0 fully saturated rings. The highest BCUT2D eigenvalue weighted by Gasteiger charge is 2.02. The summed E-state index contributed by atoms with van der Waals surface area (Å²) in [7, 11) is 0. The molecule has 1 rings (SSSR count). The summed E-state index contributed by atoms with van der Waals surface area (Å²) in [6.07, 6.45) is 1.50. The van der Waals surface area contributed by atoms with Crippen LogP contribution >= 0.6 is 34.8 Å². The second-order valence-corrected chi connectivity index (χ2v) is 3.37. The van der Waals surface area contributed by atoms with Crippen molar-refractivity contribution >= 4 is 45.7 Å². The van der Waals surface area contributed by atoms with Crippen molar-refractivity contribution in [2.75, 3.05) is 5.73 Å². The molecule has 12 heavy (non-hydrogen) atoms. The van der Waals surface area contributed by atoms with Crippen LogP contribution in [0.15, 0.2) is 22.8 Å². The monoisotopic (exact) mass is 222 g/mol. The van der Waals surface area contributed by atoms with Crippen LogP contribution in [0.25, 0.3) is 5.03 Å². The molecule has 1 aromatic rings. The molecule has 0 atom stereocenters. The topological polar surface area (TPSA) is 38.9 Å². The molecule has 2 nitrogen and oxygen atoms in total. The third-order valence-corrected chi connectivity index (χ3v) is 2.18. The first kappa shape index (κ1) is 9.65. The van der Waals surface area contributed by atoms with E-state index >= 15 is 0 Å². The van der Waals surface area contributed by atoms with Gasteiger partial charge < -0.3 is 5.73 Å². The van der Waals surface area contributed by atoms with Gasteiger partial charge in [0.05, 0.1) is 5.03 Å². The molecule has 5 heteroatoms. The standard InChI is InChI=1S/C7H5Cl3N2/c8-6(7(9)10)4-1-2-5(11)12-3-4/h1-3H,(H2,11,12). The van der Waals surface area contributed by atoms with E-state index in [-0.39, 0.29) is 9.52 Å². The third-order valence-electron chi connectivity index (χ3n) is 1.21. The Bertz CT molecular complexity index is 301. The molecule has 0 aromatic carbocycles. The van der Waals surface area contributed by atoms with Gasteiger partial charge in [-0.25, -0.2) is 4.98 Å². The maximum absolute atomic E-state index is 5.73. The second kappa shape index (κ2) is 3.99. The number of nitrogens with two attached hydrogens (primary N) is 1. The molecular formula is C7H5Cl3N2. The van der Waals surface area contributed by atoms with Gasteiger partial charge in [-0.05, 0) is 12.1 Å². The third kappa shape index (κ3) is 2.27. The molecule has 2 N–H and O–H groups in total. The summed E-state index contributed by atoms with van der Waals surface area (Å²) in [5.74, 6) is 0.425. The van der Waals surface area contributed by atoms with Crippen LogP contribution in [-0.4, -0.2) is 4.98 Å². The van der Waals surface area contributed by atoms with Gasteiger partial charge in [0.1, 0.15) is 10.3 Å². The molecule has 0 aliphatic heterocycles. The highest BCUT2D eigenvalue weighted by atomic mass is 35.5. The molecule has 0 saturated heterocycles. The number of hydrogen-bond donors (Lipinski definition) is 1. The highest BCUT2D eigenvalue weighted by molar-refractivity contribution is 6.66. The highest BCUT2D eigenvalue weighted by Crippen LogP contribution is 2.27. The average molecular weight is 223 g/mol. The fraction of sp³-hybridized carbons (Fsp3) is 0. The zero-order valence-corrected chi connectivity index (χ0v) is 8.16. The predicted molar refractivity (Wildman–Crippen MR) is 53.1 cm³/mol. The Morgan fingerprint density at radius 2 is 1.92 bits per heavy atom. The predicted octanol–water partition coefficient (Wildman–Crippen LogP) is 3.01. The van der Waals surface area contributed by atoms with E-state index < -0.39 is 0 Å². The van der Waals surface area contributed by atoms with Crippen molar-refractivity contribution in [3.63, 3.8) is 0 Å². The largest absolute Gasteiger partial charge is 0.384 e. The first-order valence-electron chi connectivity index (χ1n) is 3.04. The van der Waals surface area contributed by atoms with Crippen LogP contribution in [0.4, 0.5) is 5.82 Å². The van der Waals surface area contributed by atoms with E-state index in [0.717, 1.165) is 0 Å². The minimum atomic E-state index is 0.0169. The summed E-state index contributed by atoms with van der Waals surface area (Å²) in [5, 5.41) is 0.269. The molecular weight excluding hydrogens is 218 g/mol. The van der Waals surface area contributed by atoms with E-state index in [1.165, 1.54) is 6.20 Å². The maximum atomic E-state index is 5.73. The Morgan fingerprint density at radius 1 is 1.25 bits per heavy atom. The van der Waals surface area contributed by atoms with Gasteiger partial charge in [0.15, 0.2) is 0 Å². The molecule has 0 radical (unpaired) electrons. The number of aromatic nitrogens is 1. The van der Waals surface area contributed by atoms with Crippen molar-refractivity contribution in [2.45, 2.75) is 0 Å². The lowest BCUT2D eigenvalue weighted by atomic mass is 10.3. The SMILES string of the molecule is Nc1ccc(C(Cl)=C(Cl)Cl)cn1.